The summed E-state index contributed by atoms with van der Waals surface area (Å²) in [5.74, 6) is 2.63. The molecule has 126 valence electrons. The molecule has 2 aliphatic carbocycles. The van der Waals surface area contributed by atoms with Gasteiger partial charge in [-0.05, 0) is 56.3 Å². The van der Waals surface area contributed by atoms with Crippen molar-refractivity contribution in [2.45, 2.75) is 79.2 Å². The second kappa shape index (κ2) is 6.02. The zero-order valence-electron chi connectivity index (χ0n) is 15.4. The third-order valence-electron chi connectivity index (χ3n) is 6.70. The monoisotopic (exact) mass is 306 g/mol. The van der Waals surface area contributed by atoms with E-state index < -0.39 is 0 Å². The lowest BCUT2D eigenvalue weighted by Crippen LogP contribution is -2.45. The zero-order chi connectivity index (χ0) is 16.7. The van der Waals surface area contributed by atoms with Gasteiger partial charge < -0.3 is 4.74 Å². The summed E-state index contributed by atoms with van der Waals surface area (Å²) in [6, 6.07) is 0. The maximum absolute atomic E-state index is 12.2. The van der Waals surface area contributed by atoms with E-state index in [1.165, 1.54) is 19.3 Å². The highest BCUT2D eigenvalue weighted by molar-refractivity contribution is 5.87. The zero-order valence-corrected chi connectivity index (χ0v) is 15.4. The van der Waals surface area contributed by atoms with Crippen LogP contribution >= 0.6 is 0 Å². The first-order chi connectivity index (χ1) is 10.1. The molecule has 0 aromatic carbocycles. The molecule has 5 atom stereocenters. The highest BCUT2D eigenvalue weighted by Crippen LogP contribution is 2.62. The van der Waals surface area contributed by atoms with Crippen LogP contribution in [0, 0.1) is 29.1 Å². The Labute approximate surface area is 136 Å². The van der Waals surface area contributed by atoms with E-state index in [9.17, 15) is 4.79 Å². The number of carbonyl (C=O) groups excluding carboxylic acids is 1. The van der Waals surface area contributed by atoms with Crippen molar-refractivity contribution in [3.63, 3.8) is 0 Å². The lowest BCUT2D eigenvalue weighted by Gasteiger charge is -2.44. The van der Waals surface area contributed by atoms with Crippen molar-refractivity contribution in [2.75, 3.05) is 0 Å². The van der Waals surface area contributed by atoms with Gasteiger partial charge in [0.1, 0.15) is 5.60 Å². The summed E-state index contributed by atoms with van der Waals surface area (Å²) in [7, 11) is 0. The summed E-state index contributed by atoms with van der Waals surface area (Å²) >= 11 is 0. The minimum absolute atomic E-state index is 0.225. The highest BCUT2D eigenvalue weighted by Gasteiger charge is 2.58. The van der Waals surface area contributed by atoms with Gasteiger partial charge in [0.15, 0.2) is 0 Å². The van der Waals surface area contributed by atoms with E-state index in [-0.39, 0.29) is 17.0 Å². The third kappa shape index (κ3) is 2.86. The van der Waals surface area contributed by atoms with Crippen LogP contribution in [0.15, 0.2) is 12.2 Å². The standard InChI is InChI=1S/C20H34O2/c1-8-11-20(7,22-18(21)13(2)3)17-12-15-14(4)9-10-16(15)19(17,5)6/h14-17H,2,8-12H2,1,3-7H3. The van der Waals surface area contributed by atoms with Gasteiger partial charge in [0, 0.05) is 11.5 Å². The van der Waals surface area contributed by atoms with E-state index in [0.29, 0.717) is 11.5 Å². The smallest absolute Gasteiger partial charge is 0.333 e. The van der Waals surface area contributed by atoms with Crippen LogP contribution in [0.3, 0.4) is 0 Å². The molecular formula is C20H34O2. The average Bonchev–Trinajstić information content (AvgIpc) is 2.89. The Kier molecular flexibility index (Phi) is 4.80. The van der Waals surface area contributed by atoms with E-state index in [1.807, 2.05) is 0 Å². The van der Waals surface area contributed by atoms with Gasteiger partial charge in [-0.15, -0.1) is 0 Å². The molecule has 0 heterocycles. The molecule has 0 aromatic heterocycles. The van der Waals surface area contributed by atoms with Crippen molar-refractivity contribution in [1.82, 2.24) is 0 Å². The van der Waals surface area contributed by atoms with Gasteiger partial charge >= 0.3 is 5.97 Å². The predicted octanol–water partition coefficient (Wildman–Crippen LogP) is 5.37. The molecule has 0 bridgehead atoms. The van der Waals surface area contributed by atoms with Crippen LogP contribution in [0.25, 0.3) is 0 Å². The molecule has 2 heteroatoms. The van der Waals surface area contributed by atoms with Gasteiger partial charge in [-0.2, -0.15) is 0 Å². The molecule has 2 saturated carbocycles. The van der Waals surface area contributed by atoms with E-state index in [4.69, 9.17) is 4.74 Å². The Morgan fingerprint density at radius 2 is 2.00 bits per heavy atom. The second-order valence-electron chi connectivity index (χ2n) is 8.67. The van der Waals surface area contributed by atoms with Crippen molar-refractivity contribution < 1.29 is 9.53 Å². The van der Waals surface area contributed by atoms with Crippen molar-refractivity contribution in [3.05, 3.63) is 12.2 Å². The van der Waals surface area contributed by atoms with E-state index >= 15 is 0 Å². The maximum atomic E-state index is 12.2. The Morgan fingerprint density at radius 3 is 2.50 bits per heavy atom. The van der Waals surface area contributed by atoms with Crippen LogP contribution in [0.4, 0.5) is 0 Å². The van der Waals surface area contributed by atoms with Crippen LogP contribution < -0.4 is 0 Å². The number of hydrogen-bond donors (Lipinski definition) is 0. The summed E-state index contributed by atoms with van der Waals surface area (Å²) in [6.07, 6.45) is 5.89. The largest absolute Gasteiger partial charge is 0.456 e. The van der Waals surface area contributed by atoms with Gasteiger partial charge in [0.05, 0.1) is 0 Å². The number of ether oxygens (including phenoxy) is 1. The van der Waals surface area contributed by atoms with E-state index in [2.05, 4.69) is 41.2 Å². The number of hydrogen-bond acceptors (Lipinski definition) is 2. The quantitative estimate of drug-likeness (QED) is 0.504. The van der Waals surface area contributed by atoms with Gasteiger partial charge in [0.25, 0.3) is 0 Å². The number of rotatable bonds is 5. The molecule has 0 radical (unpaired) electrons. The fourth-order valence-corrected chi connectivity index (χ4v) is 5.55. The first kappa shape index (κ1) is 17.6. The second-order valence-corrected chi connectivity index (χ2v) is 8.67. The van der Waals surface area contributed by atoms with Crippen molar-refractivity contribution in [2.24, 2.45) is 29.1 Å². The van der Waals surface area contributed by atoms with Crippen molar-refractivity contribution in [1.29, 1.82) is 0 Å². The fraction of sp³-hybridized carbons (Fsp3) is 0.850. The topological polar surface area (TPSA) is 26.3 Å². The molecule has 0 spiro atoms. The Hall–Kier alpha value is -0.790. The van der Waals surface area contributed by atoms with E-state index in [0.717, 1.165) is 30.6 Å². The summed E-state index contributed by atoms with van der Waals surface area (Å²) in [5.41, 5.74) is 0.388. The summed E-state index contributed by atoms with van der Waals surface area (Å²) < 4.78 is 6.02. The Balaban J connectivity index is 2.28. The average molecular weight is 306 g/mol. The Morgan fingerprint density at radius 1 is 1.36 bits per heavy atom. The molecule has 22 heavy (non-hydrogen) atoms. The van der Waals surface area contributed by atoms with Crippen molar-refractivity contribution >= 4 is 5.97 Å². The predicted molar refractivity (Wildman–Crippen MR) is 91.5 cm³/mol. The van der Waals surface area contributed by atoms with Gasteiger partial charge in [-0.1, -0.05) is 47.1 Å². The number of carbonyl (C=O) groups is 1. The molecule has 2 fully saturated rings. The molecular weight excluding hydrogens is 272 g/mol. The number of fused-ring (bicyclic) bond motifs is 1. The Bertz CT molecular complexity index is 451. The first-order valence-electron chi connectivity index (χ1n) is 9.02. The van der Waals surface area contributed by atoms with Crippen LogP contribution in [0.1, 0.15) is 73.6 Å². The van der Waals surface area contributed by atoms with Crippen LogP contribution in [-0.4, -0.2) is 11.6 Å². The minimum atomic E-state index is -0.363. The molecule has 0 amide bonds. The van der Waals surface area contributed by atoms with E-state index in [1.54, 1.807) is 6.92 Å². The molecule has 0 saturated heterocycles. The molecule has 2 rings (SSSR count). The van der Waals surface area contributed by atoms with Crippen LogP contribution in [0.5, 0.6) is 0 Å². The lowest BCUT2D eigenvalue weighted by atomic mass is 9.67. The summed E-state index contributed by atoms with van der Waals surface area (Å²) in [4.78, 5) is 12.2. The number of esters is 1. The van der Waals surface area contributed by atoms with Gasteiger partial charge in [-0.25, -0.2) is 4.79 Å². The summed E-state index contributed by atoms with van der Waals surface area (Å²) in [5, 5.41) is 0. The van der Waals surface area contributed by atoms with Crippen molar-refractivity contribution in [3.8, 4) is 0 Å². The molecule has 2 nitrogen and oxygen atoms in total. The first-order valence-corrected chi connectivity index (χ1v) is 9.02. The molecule has 0 aliphatic heterocycles. The highest BCUT2D eigenvalue weighted by atomic mass is 16.6. The van der Waals surface area contributed by atoms with Gasteiger partial charge in [0.2, 0.25) is 0 Å². The SMILES string of the molecule is C=C(C)C(=O)OC(C)(CCC)C1CC2C(C)CCC2C1(C)C. The van der Waals surface area contributed by atoms with Gasteiger partial charge in [-0.3, -0.25) is 0 Å². The van der Waals surface area contributed by atoms with Crippen LogP contribution in [0.2, 0.25) is 0 Å². The molecule has 5 unspecified atom stereocenters. The normalized spacial score (nSPS) is 35.7. The third-order valence-corrected chi connectivity index (χ3v) is 6.70. The lowest BCUT2D eigenvalue weighted by molar-refractivity contribution is -0.165. The molecule has 0 aromatic rings. The van der Waals surface area contributed by atoms with Crippen LogP contribution in [-0.2, 0) is 9.53 Å². The maximum Gasteiger partial charge on any atom is 0.333 e. The fourth-order valence-electron chi connectivity index (χ4n) is 5.55. The molecule has 0 N–H and O–H groups in total. The minimum Gasteiger partial charge on any atom is -0.456 e. The molecule has 2 aliphatic rings. The summed E-state index contributed by atoms with van der Waals surface area (Å²) in [6.45, 7) is 17.1.